The van der Waals surface area contributed by atoms with Gasteiger partial charge in [0.05, 0.1) is 12.7 Å². The van der Waals surface area contributed by atoms with Gasteiger partial charge in [-0.2, -0.15) is 0 Å². The van der Waals surface area contributed by atoms with Gasteiger partial charge in [0.2, 0.25) is 0 Å². The molecule has 3 nitrogen and oxygen atoms in total. The second-order valence-corrected chi connectivity index (χ2v) is 4.97. The Kier molecular flexibility index (Phi) is 2.48. The van der Waals surface area contributed by atoms with Crippen molar-refractivity contribution in [2.45, 2.75) is 0 Å². The molecule has 0 aromatic heterocycles. The molecule has 1 aliphatic heterocycles. The molecule has 0 saturated carbocycles. The lowest BCUT2D eigenvalue weighted by Gasteiger charge is -2.08. The zero-order valence-corrected chi connectivity index (χ0v) is 11.4. The van der Waals surface area contributed by atoms with Crippen LogP contribution in [-0.2, 0) is 4.74 Å². The Balaban J connectivity index is 1.66. The maximum absolute atomic E-state index is 11.4. The minimum atomic E-state index is -0.324. The Hall–Kier alpha value is -2.81. The fourth-order valence-corrected chi connectivity index (χ4v) is 2.56. The normalized spacial score (nSPS) is 14.6. The van der Waals surface area contributed by atoms with Crippen molar-refractivity contribution in [1.29, 1.82) is 0 Å². The number of esters is 1. The van der Waals surface area contributed by atoms with Gasteiger partial charge < -0.3 is 9.47 Å². The molecule has 1 aliphatic carbocycles. The van der Waals surface area contributed by atoms with E-state index >= 15 is 0 Å². The maximum Gasteiger partial charge on any atom is 0.337 e. The summed E-state index contributed by atoms with van der Waals surface area (Å²) in [6, 6.07) is 15.3. The number of methoxy groups -OCH3 is 1. The lowest BCUT2D eigenvalue weighted by atomic mass is 10.1. The average Bonchev–Trinajstić information content (AvgIpc) is 3.24. The van der Waals surface area contributed by atoms with E-state index in [1.54, 1.807) is 12.1 Å². The van der Waals surface area contributed by atoms with Crippen LogP contribution in [0.15, 0.2) is 59.9 Å². The molecule has 2 aromatic rings. The Morgan fingerprint density at radius 2 is 1.81 bits per heavy atom. The third-order valence-corrected chi connectivity index (χ3v) is 3.70. The Bertz CT molecular complexity index is 811. The molecule has 21 heavy (non-hydrogen) atoms. The molecule has 0 amide bonds. The highest BCUT2D eigenvalue weighted by Gasteiger charge is 2.36. The maximum atomic E-state index is 11.4. The summed E-state index contributed by atoms with van der Waals surface area (Å²) in [5.41, 5.74) is 4.95. The van der Waals surface area contributed by atoms with Gasteiger partial charge in [0, 0.05) is 16.7 Å². The summed E-state index contributed by atoms with van der Waals surface area (Å²) in [5.74, 6) is 1.49. The molecule has 1 heterocycles. The Morgan fingerprint density at radius 1 is 1.05 bits per heavy atom. The topological polar surface area (TPSA) is 35.5 Å². The predicted octanol–water partition coefficient (Wildman–Crippen LogP) is 3.67. The number of benzene rings is 2. The number of rotatable bonds is 2. The van der Waals surface area contributed by atoms with Gasteiger partial charge >= 0.3 is 5.97 Å². The van der Waals surface area contributed by atoms with Crippen LogP contribution in [0.4, 0.5) is 0 Å². The standard InChI is InChI=1S/C18H12O3/c1-20-18(19)12-8-6-11(7-9-12)16-14-10-13-4-2-3-5-15(13)21-17(14)16/h2-10H,1H3. The molecule has 0 radical (unpaired) electrons. The molecule has 0 saturated heterocycles. The Morgan fingerprint density at radius 3 is 2.57 bits per heavy atom. The molecule has 4 rings (SSSR count). The fraction of sp³-hybridized carbons (Fsp3) is 0.0556. The molecule has 3 heteroatoms. The van der Waals surface area contributed by atoms with Crippen molar-refractivity contribution in [3.05, 3.63) is 76.6 Å². The van der Waals surface area contributed by atoms with Gasteiger partial charge in [-0.05, 0) is 29.8 Å². The largest absolute Gasteiger partial charge is 0.465 e. The molecule has 0 atom stereocenters. The SMILES string of the molecule is COC(=O)c1ccc(C2=C3Oc4ccccc4C=C32)cc1. The number of carbonyl (C=O) groups excluding carboxylic acids is 1. The lowest BCUT2D eigenvalue weighted by molar-refractivity contribution is 0.0600. The van der Waals surface area contributed by atoms with Crippen LogP contribution in [-0.4, -0.2) is 13.1 Å². The highest BCUT2D eigenvalue weighted by Crippen LogP contribution is 2.51. The number of hydrogen-bond acceptors (Lipinski definition) is 3. The number of ether oxygens (including phenoxy) is 2. The highest BCUT2D eigenvalue weighted by molar-refractivity contribution is 6.07. The van der Waals surface area contributed by atoms with Crippen LogP contribution in [0, 0.1) is 0 Å². The summed E-state index contributed by atoms with van der Waals surface area (Å²) >= 11 is 0. The van der Waals surface area contributed by atoms with Gasteiger partial charge in [-0.3, -0.25) is 0 Å². The Labute approximate surface area is 122 Å². The van der Waals surface area contributed by atoms with Crippen molar-refractivity contribution >= 4 is 17.6 Å². The first kappa shape index (κ1) is 12.0. The van der Waals surface area contributed by atoms with Crippen LogP contribution < -0.4 is 4.74 Å². The van der Waals surface area contributed by atoms with Gasteiger partial charge in [0.1, 0.15) is 11.5 Å². The van der Waals surface area contributed by atoms with Crippen LogP contribution in [0.2, 0.25) is 0 Å². The predicted molar refractivity (Wildman–Crippen MR) is 79.7 cm³/mol. The molecular formula is C18H12O3. The van der Waals surface area contributed by atoms with E-state index in [1.807, 2.05) is 36.4 Å². The molecule has 0 unspecified atom stereocenters. The number of carbonyl (C=O) groups is 1. The first-order valence-electron chi connectivity index (χ1n) is 6.70. The van der Waals surface area contributed by atoms with Gasteiger partial charge in [0.15, 0.2) is 0 Å². The summed E-state index contributed by atoms with van der Waals surface area (Å²) < 4.78 is 10.6. The fourth-order valence-electron chi connectivity index (χ4n) is 2.56. The minimum Gasteiger partial charge on any atom is -0.465 e. The molecular weight excluding hydrogens is 264 g/mol. The van der Waals surface area contributed by atoms with Gasteiger partial charge in [-0.1, -0.05) is 30.3 Å². The first-order chi connectivity index (χ1) is 10.3. The first-order valence-corrected chi connectivity index (χ1v) is 6.70. The van der Waals surface area contributed by atoms with Crippen molar-refractivity contribution in [1.82, 2.24) is 0 Å². The quantitative estimate of drug-likeness (QED) is 0.785. The van der Waals surface area contributed by atoms with Crippen LogP contribution in [0.5, 0.6) is 5.75 Å². The molecule has 0 fully saturated rings. The van der Waals surface area contributed by atoms with E-state index in [0.29, 0.717) is 5.56 Å². The van der Waals surface area contributed by atoms with Crippen LogP contribution in [0.25, 0.3) is 11.6 Å². The van der Waals surface area contributed by atoms with Gasteiger partial charge in [0.25, 0.3) is 0 Å². The smallest absolute Gasteiger partial charge is 0.337 e. The summed E-state index contributed by atoms with van der Waals surface area (Å²) in [5, 5.41) is 0. The zero-order chi connectivity index (χ0) is 14.4. The molecule has 0 bridgehead atoms. The third kappa shape index (κ3) is 1.86. The van der Waals surface area contributed by atoms with E-state index in [0.717, 1.165) is 33.8 Å². The van der Waals surface area contributed by atoms with E-state index in [-0.39, 0.29) is 5.97 Å². The molecule has 0 spiro atoms. The highest BCUT2D eigenvalue weighted by atomic mass is 16.5. The summed E-state index contributed by atoms with van der Waals surface area (Å²) in [7, 11) is 1.38. The minimum absolute atomic E-state index is 0.324. The van der Waals surface area contributed by atoms with Crippen LogP contribution in [0.1, 0.15) is 21.5 Å². The molecule has 102 valence electrons. The number of hydrogen-bond donors (Lipinski definition) is 0. The molecule has 2 aliphatic rings. The number of allylic oxidation sites excluding steroid dienone is 2. The molecule has 0 N–H and O–H groups in total. The van der Waals surface area contributed by atoms with Crippen molar-refractivity contribution in [3.8, 4) is 5.75 Å². The van der Waals surface area contributed by atoms with Crippen LogP contribution in [0.3, 0.4) is 0 Å². The monoisotopic (exact) mass is 276 g/mol. The van der Waals surface area contributed by atoms with Crippen molar-refractivity contribution < 1.29 is 14.3 Å². The van der Waals surface area contributed by atoms with Crippen molar-refractivity contribution in [2.24, 2.45) is 0 Å². The van der Waals surface area contributed by atoms with E-state index in [1.165, 1.54) is 7.11 Å². The summed E-state index contributed by atoms with van der Waals surface area (Å²) in [6.07, 6.45) is 2.14. The summed E-state index contributed by atoms with van der Waals surface area (Å²) in [4.78, 5) is 11.4. The summed E-state index contributed by atoms with van der Waals surface area (Å²) in [6.45, 7) is 0. The van der Waals surface area contributed by atoms with E-state index in [4.69, 9.17) is 9.47 Å². The van der Waals surface area contributed by atoms with Crippen LogP contribution >= 0.6 is 0 Å². The number of fused-ring (bicyclic) bond motifs is 2. The number of para-hydroxylation sites is 1. The average molecular weight is 276 g/mol. The van der Waals surface area contributed by atoms with E-state index in [2.05, 4.69) is 6.08 Å². The van der Waals surface area contributed by atoms with Gasteiger partial charge in [-0.25, -0.2) is 4.79 Å². The zero-order valence-electron chi connectivity index (χ0n) is 11.4. The lowest BCUT2D eigenvalue weighted by Crippen LogP contribution is -2.00. The third-order valence-electron chi connectivity index (χ3n) is 3.70. The second kappa shape index (κ2) is 4.35. The van der Waals surface area contributed by atoms with E-state index in [9.17, 15) is 4.79 Å². The van der Waals surface area contributed by atoms with E-state index < -0.39 is 0 Å². The van der Waals surface area contributed by atoms with Crippen molar-refractivity contribution in [2.75, 3.05) is 7.11 Å². The van der Waals surface area contributed by atoms with Crippen molar-refractivity contribution in [3.63, 3.8) is 0 Å². The van der Waals surface area contributed by atoms with Gasteiger partial charge in [-0.15, -0.1) is 0 Å². The second-order valence-electron chi connectivity index (χ2n) is 4.97. The molecule has 2 aromatic carbocycles.